The summed E-state index contributed by atoms with van der Waals surface area (Å²) < 4.78 is 37.2. The topological polar surface area (TPSA) is 81.7 Å². The third-order valence-electron chi connectivity index (χ3n) is 5.18. The summed E-state index contributed by atoms with van der Waals surface area (Å²) in [5.74, 6) is 0.862. The van der Waals surface area contributed by atoms with Crippen LogP contribution in [0.15, 0.2) is 57.6 Å². The van der Waals surface area contributed by atoms with E-state index < -0.39 is 9.84 Å². The maximum absolute atomic E-state index is 13.2. The summed E-state index contributed by atoms with van der Waals surface area (Å²) >= 11 is 1.35. The summed E-state index contributed by atoms with van der Waals surface area (Å²) in [5, 5.41) is 4.40. The standard InChI is InChI=1S/C21H17NO5S2/c1-12-2-5-14(6-3-12)29(24,25)18-10-28-21-15(9-19(23)22-20(18)21)13-4-7-16-17(8-13)27-11-26-16/h2-8,10,15H,9,11H2,1H3,(H,22,23)/t15-/m1/s1. The molecule has 0 saturated carbocycles. The van der Waals surface area contributed by atoms with Crippen molar-refractivity contribution in [3.05, 3.63) is 63.8 Å². The first-order valence-electron chi connectivity index (χ1n) is 9.06. The Morgan fingerprint density at radius 1 is 1.07 bits per heavy atom. The van der Waals surface area contributed by atoms with Crippen LogP contribution < -0.4 is 14.8 Å². The fraction of sp³-hybridized carbons (Fsp3) is 0.190. The van der Waals surface area contributed by atoms with Crippen LogP contribution in [0, 0.1) is 6.92 Å². The zero-order valence-electron chi connectivity index (χ0n) is 15.5. The molecule has 2 aromatic carbocycles. The maximum atomic E-state index is 13.2. The van der Waals surface area contributed by atoms with E-state index in [9.17, 15) is 13.2 Å². The van der Waals surface area contributed by atoms with E-state index in [1.807, 2.05) is 25.1 Å². The third-order valence-corrected chi connectivity index (χ3v) is 8.22. The summed E-state index contributed by atoms with van der Waals surface area (Å²) in [6.45, 7) is 2.08. The number of amides is 1. The summed E-state index contributed by atoms with van der Waals surface area (Å²) in [7, 11) is -3.74. The molecule has 0 aliphatic carbocycles. The number of ether oxygens (including phenoxy) is 2. The Balaban J connectivity index is 1.59. The van der Waals surface area contributed by atoms with Crippen LogP contribution in [0.2, 0.25) is 0 Å². The molecule has 2 aliphatic rings. The minimum absolute atomic E-state index is 0.139. The molecule has 0 radical (unpaired) electrons. The predicted octanol–water partition coefficient (Wildman–Crippen LogP) is 4.09. The van der Waals surface area contributed by atoms with Crippen molar-refractivity contribution in [2.24, 2.45) is 0 Å². The van der Waals surface area contributed by atoms with Crippen LogP contribution in [0.25, 0.3) is 0 Å². The Morgan fingerprint density at radius 3 is 2.62 bits per heavy atom. The first kappa shape index (κ1) is 18.2. The molecule has 5 rings (SSSR count). The number of anilines is 1. The molecule has 29 heavy (non-hydrogen) atoms. The molecule has 0 unspecified atom stereocenters. The van der Waals surface area contributed by atoms with Gasteiger partial charge >= 0.3 is 0 Å². The van der Waals surface area contributed by atoms with Crippen molar-refractivity contribution in [1.29, 1.82) is 0 Å². The highest BCUT2D eigenvalue weighted by Gasteiger charge is 2.35. The van der Waals surface area contributed by atoms with Crippen LogP contribution >= 0.6 is 11.3 Å². The molecule has 2 aliphatic heterocycles. The molecule has 0 bridgehead atoms. The average molecular weight is 428 g/mol. The summed E-state index contributed by atoms with van der Waals surface area (Å²) in [5.41, 5.74) is 2.26. The first-order chi connectivity index (χ1) is 13.9. The largest absolute Gasteiger partial charge is 0.454 e. The van der Waals surface area contributed by atoms with E-state index in [0.29, 0.717) is 17.2 Å². The zero-order chi connectivity index (χ0) is 20.2. The van der Waals surface area contributed by atoms with Gasteiger partial charge in [0.15, 0.2) is 11.5 Å². The number of fused-ring (bicyclic) bond motifs is 2. The number of benzene rings is 2. The lowest BCUT2D eigenvalue weighted by atomic mass is 9.90. The number of hydrogen-bond acceptors (Lipinski definition) is 6. The second kappa shape index (κ2) is 6.60. The Labute approximate surface area is 172 Å². The molecule has 0 spiro atoms. The minimum Gasteiger partial charge on any atom is -0.454 e. The number of rotatable bonds is 3. The van der Waals surface area contributed by atoms with Crippen LogP contribution in [-0.2, 0) is 14.6 Å². The van der Waals surface area contributed by atoms with Gasteiger partial charge in [0.25, 0.3) is 0 Å². The van der Waals surface area contributed by atoms with Crippen LogP contribution in [0.5, 0.6) is 11.5 Å². The van der Waals surface area contributed by atoms with Gasteiger partial charge in [-0.3, -0.25) is 4.79 Å². The highest BCUT2D eigenvalue weighted by molar-refractivity contribution is 7.91. The van der Waals surface area contributed by atoms with Crippen molar-refractivity contribution in [3.8, 4) is 11.5 Å². The summed E-state index contributed by atoms with van der Waals surface area (Å²) in [6, 6.07) is 12.3. The van der Waals surface area contributed by atoms with E-state index in [1.165, 1.54) is 11.3 Å². The summed E-state index contributed by atoms with van der Waals surface area (Å²) in [4.78, 5) is 13.6. The van der Waals surface area contributed by atoms with Crippen LogP contribution in [0.3, 0.4) is 0 Å². The van der Waals surface area contributed by atoms with Crippen molar-refractivity contribution in [3.63, 3.8) is 0 Å². The van der Waals surface area contributed by atoms with E-state index in [2.05, 4.69) is 5.32 Å². The quantitative estimate of drug-likeness (QED) is 0.681. The molecule has 1 N–H and O–H groups in total. The summed E-state index contributed by atoms with van der Waals surface area (Å²) in [6.07, 6.45) is 0.247. The van der Waals surface area contributed by atoms with Crippen LogP contribution in [0.1, 0.15) is 28.3 Å². The van der Waals surface area contributed by atoms with Gasteiger partial charge in [-0.05, 0) is 36.8 Å². The number of sulfone groups is 1. The highest BCUT2D eigenvalue weighted by atomic mass is 32.2. The van der Waals surface area contributed by atoms with Gasteiger partial charge in [0.2, 0.25) is 22.5 Å². The average Bonchev–Trinajstić information content (AvgIpc) is 3.34. The molecule has 0 saturated heterocycles. The molecule has 8 heteroatoms. The first-order valence-corrected chi connectivity index (χ1v) is 11.4. The van der Waals surface area contributed by atoms with Crippen molar-refractivity contribution < 1.29 is 22.7 Å². The predicted molar refractivity (Wildman–Crippen MR) is 109 cm³/mol. The molecule has 3 aromatic rings. The van der Waals surface area contributed by atoms with Gasteiger partial charge in [0.1, 0.15) is 4.90 Å². The van der Waals surface area contributed by atoms with Gasteiger partial charge in [-0.15, -0.1) is 11.3 Å². The number of thiophene rings is 1. The zero-order valence-corrected chi connectivity index (χ0v) is 17.1. The van der Waals surface area contributed by atoms with Crippen LogP contribution in [0.4, 0.5) is 5.69 Å². The Bertz CT molecular complexity index is 1230. The number of nitrogens with one attached hydrogen (secondary N) is 1. The monoisotopic (exact) mass is 427 g/mol. The lowest BCUT2D eigenvalue weighted by molar-refractivity contribution is -0.116. The van der Waals surface area contributed by atoms with Gasteiger partial charge in [0, 0.05) is 22.6 Å². The SMILES string of the molecule is Cc1ccc(S(=O)(=O)c2csc3c2NC(=O)C[C@@H]3c2ccc3c(c2)OCO3)cc1. The molecule has 1 aromatic heterocycles. The maximum Gasteiger partial charge on any atom is 0.231 e. The minimum atomic E-state index is -3.74. The fourth-order valence-corrected chi connectivity index (χ4v) is 6.55. The molecular formula is C21H17NO5S2. The van der Waals surface area contributed by atoms with Crippen molar-refractivity contribution in [2.75, 3.05) is 12.1 Å². The van der Waals surface area contributed by atoms with Gasteiger partial charge in [-0.25, -0.2) is 8.42 Å². The third kappa shape index (κ3) is 2.99. The smallest absolute Gasteiger partial charge is 0.231 e. The second-order valence-corrected chi connectivity index (χ2v) is 9.90. The van der Waals surface area contributed by atoms with Crippen LogP contribution in [-0.4, -0.2) is 21.1 Å². The van der Waals surface area contributed by atoms with Crippen molar-refractivity contribution >= 4 is 32.8 Å². The Kier molecular flexibility index (Phi) is 4.15. The van der Waals surface area contributed by atoms with E-state index in [-0.39, 0.29) is 34.8 Å². The van der Waals surface area contributed by atoms with Gasteiger partial charge in [-0.1, -0.05) is 23.8 Å². The number of carbonyl (C=O) groups is 1. The van der Waals surface area contributed by atoms with E-state index >= 15 is 0 Å². The van der Waals surface area contributed by atoms with E-state index in [4.69, 9.17) is 9.47 Å². The second-order valence-electron chi connectivity index (χ2n) is 7.07. The van der Waals surface area contributed by atoms with Crippen molar-refractivity contribution in [1.82, 2.24) is 0 Å². The number of aryl methyl sites for hydroxylation is 1. The molecule has 1 atom stereocenters. The molecule has 0 fully saturated rings. The molecule has 3 heterocycles. The Morgan fingerprint density at radius 2 is 1.83 bits per heavy atom. The molecular weight excluding hydrogens is 410 g/mol. The highest BCUT2D eigenvalue weighted by Crippen LogP contribution is 2.47. The molecule has 6 nitrogen and oxygen atoms in total. The normalized spacial score (nSPS) is 17.7. The molecule has 148 valence electrons. The lowest BCUT2D eigenvalue weighted by Crippen LogP contribution is -2.23. The van der Waals surface area contributed by atoms with E-state index in [1.54, 1.807) is 29.6 Å². The van der Waals surface area contributed by atoms with Gasteiger partial charge < -0.3 is 14.8 Å². The Hall–Kier alpha value is -2.84. The number of hydrogen-bond donors (Lipinski definition) is 1. The van der Waals surface area contributed by atoms with Gasteiger partial charge in [-0.2, -0.15) is 0 Å². The fourth-order valence-electron chi connectivity index (χ4n) is 3.65. The lowest BCUT2D eigenvalue weighted by Gasteiger charge is -2.24. The number of carbonyl (C=O) groups excluding carboxylic acids is 1. The van der Waals surface area contributed by atoms with Crippen molar-refractivity contribution in [2.45, 2.75) is 29.1 Å². The molecule has 1 amide bonds. The van der Waals surface area contributed by atoms with Gasteiger partial charge in [0.05, 0.1) is 10.6 Å². The van der Waals surface area contributed by atoms with E-state index in [0.717, 1.165) is 16.0 Å².